The molecule has 2 aliphatic rings. The van der Waals surface area contributed by atoms with E-state index in [4.69, 9.17) is 32.7 Å². The van der Waals surface area contributed by atoms with E-state index < -0.39 is 0 Å². The van der Waals surface area contributed by atoms with Crippen LogP contribution in [0.3, 0.4) is 0 Å². The minimum Gasteiger partial charge on any atom is -0.497 e. The maximum atomic E-state index is 13.0. The number of carbonyl (C=O) groups excluding carboxylic acids is 2. The van der Waals surface area contributed by atoms with Crippen LogP contribution < -0.4 is 10.1 Å². The Balaban J connectivity index is 1.63. The molecule has 1 saturated carbocycles. The number of methoxy groups -OCH3 is 1. The Bertz CT molecular complexity index is 1090. The summed E-state index contributed by atoms with van der Waals surface area (Å²) in [5, 5.41) is 4.11. The number of halogens is 2. The summed E-state index contributed by atoms with van der Waals surface area (Å²) in [5.41, 5.74) is 1.71. The predicted octanol–water partition coefficient (Wildman–Crippen LogP) is 4.64. The van der Waals surface area contributed by atoms with Crippen molar-refractivity contribution in [2.75, 3.05) is 27.2 Å². The van der Waals surface area contributed by atoms with Crippen molar-refractivity contribution >= 4 is 35.1 Å². The maximum Gasteiger partial charge on any atom is 0.302 e. The number of piperidine rings is 1. The summed E-state index contributed by atoms with van der Waals surface area (Å²) in [6.07, 6.45) is 2.15. The summed E-state index contributed by atoms with van der Waals surface area (Å²) < 4.78 is 11.4. The molecule has 3 unspecified atom stereocenters. The summed E-state index contributed by atoms with van der Waals surface area (Å²) in [4.78, 5) is 27.4. The van der Waals surface area contributed by atoms with Crippen molar-refractivity contribution in [3.05, 3.63) is 63.6 Å². The van der Waals surface area contributed by atoms with Crippen molar-refractivity contribution in [3.63, 3.8) is 0 Å². The van der Waals surface area contributed by atoms with Gasteiger partial charge in [0.05, 0.1) is 23.6 Å². The average Bonchev–Trinajstić information content (AvgIpc) is 2.81. The highest BCUT2D eigenvalue weighted by atomic mass is 35.5. The molecule has 2 aromatic rings. The molecule has 8 heteroatoms. The molecule has 4 rings (SSSR count). The summed E-state index contributed by atoms with van der Waals surface area (Å²) >= 11 is 12.1. The zero-order valence-corrected chi connectivity index (χ0v) is 21.9. The van der Waals surface area contributed by atoms with E-state index in [1.165, 1.54) is 6.92 Å². The SMILES string of the molecule is COc1cccc(C23CCN(C)CC2C(OC(C)=O)C[C@@H](NC(=O)Cc2ccc(Cl)c(Cl)c2)C3)c1. The van der Waals surface area contributed by atoms with Gasteiger partial charge in [0, 0.05) is 37.3 Å². The Labute approximate surface area is 216 Å². The second-order valence-corrected chi connectivity index (χ2v) is 10.6. The zero-order valence-electron chi connectivity index (χ0n) is 20.4. The first-order valence-electron chi connectivity index (χ1n) is 11.9. The normalized spacial score (nSPS) is 26.5. The molecule has 0 bridgehead atoms. The smallest absolute Gasteiger partial charge is 0.302 e. The second kappa shape index (κ2) is 10.8. The van der Waals surface area contributed by atoms with E-state index in [0.717, 1.165) is 42.8 Å². The Morgan fingerprint density at radius 1 is 1.17 bits per heavy atom. The van der Waals surface area contributed by atoms with Crippen molar-refractivity contribution in [1.82, 2.24) is 10.2 Å². The topological polar surface area (TPSA) is 67.9 Å². The number of fused-ring (bicyclic) bond motifs is 1. The minimum atomic E-state index is -0.300. The lowest BCUT2D eigenvalue weighted by Crippen LogP contribution is -2.61. The van der Waals surface area contributed by atoms with E-state index in [1.807, 2.05) is 12.1 Å². The first kappa shape index (κ1) is 25.8. The lowest BCUT2D eigenvalue weighted by molar-refractivity contribution is -0.157. The van der Waals surface area contributed by atoms with Crippen molar-refractivity contribution in [3.8, 4) is 5.75 Å². The van der Waals surface area contributed by atoms with Crippen molar-refractivity contribution in [1.29, 1.82) is 0 Å². The number of esters is 1. The van der Waals surface area contributed by atoms with Gasteiger partial charge in [0.1, 0.15) is 11.9 Å². The summed E-state index contributed by atoms with van der Waals surface area (Å²) in [6.45, 7) is 3.19. The maximum absolute atomic E-state index is 13.0. The van der Waals surface area contributed by atoms with Crippen LogP contribution in [0.5, 0.6) is 5.75 Å². The van der Waals surface area contributed by atoms with Crippen molar-refractivity contribution in [2.24, 2.45) is 5.92 Å². The third-order valence-corrected chi connectivity index (χ3v) is 8.15. The van der Waals surface area contributed by atoms with Gasteiger partial charge in [0.15, 0.2) is 0 Å². The molecule has 35 heavy (non-hydrogen) atoms. The number of likely N-dealkylation sites (tertiary alicyclic amines) is 1. The quantitative estimate of drug-likeness (QED) is 0.564. The van der Waals surface area contributed by atoms with E-state index in [2.05, 4.69) is 29.4 Å². The van der Waals surface area contributed by atoms with Crippen LogP contribution in [0.15, 0.2) is 42.5 Å². The highest BCUT2D eigenvalue weighted by Crippen LogP contribution is 2.50. The molecule has 6 nitrogen and oxygen atoms in total. The molecule has 2 fully saturated rings. The lowest BCUT2D eigenvalue weighted by Gasteiger charge is -2.55. The molecular weight excluding hydrogens is 487 g/mol. The molecule has 2 aromatic carbocycles. The van der Waals surface area contributed by atoms with Gasteiger partial charge in [-0.25, -0.2) is 0 Å². The van der Waals surface area contributed by atoms with Crippen LogP contribution in [-0.4, -0.2) is 56.2 Å². The minimum absolute atomic E-state index is 0.0952. The fraction of sp³-hybridized carbons (Fsp3) is 0.481. The number of nitrogens with zero attached hydrogens (tertiary/aromatic N) is 1. The van der Waals surface area contributed by atoms with E-state index >= 15 is 0 Å². The van der Waals surface area contributed by atoms with Gasteiger partial charge in [-0.2, -0.15) is 0 Å². The molecule has 0 radical (unpaired) electrons. The molecule has 0 spiro atoms. The summed E-state index contributed by atoms with van der Waals surface area (Å²) in [7, 11) is 3.77. The van der Waals surface area contributed by atoms with Crippen LogP contribution in [0.25, 0.3) is 0 Å². The van der Waals surface area contributed by atoms with E-state index in [1.54, 1.807) is 25.3 Å². The van der Waals surface area contributed by atoms with Gasteiger partial charge in [-0.3, -0.25) is 9.59 Å². The molecule has 4 atom stereocenters. The van der Waals surface area contributed by atoms with Crippen LogP contribution in [0.1, 0.15) is 37.3 Å². The van der Waals surface area contributed by atoms with Gasteiger partial charge in [-0.05, 0) is 61.8 Å². The summed E-state index contributed by atoms with van der Waals surface area (Å²) in [6, 6.07) is 13.2. The van der Waals surface area contributed by atoms with Crippen molar-refractivity contribution in [2.45, 2.75) is 50.2 Å². The molecular formula is C27H32Cl2N2O4. The van der Waals surface area contributed by atoms with Gasteiger partial charge in [-0.1, -0.05) is 41.4 Å². The summed E-state index contributed by atoms with van der Waals surface area (Å²) in [5.74, 6) is 0.512. The van der Waals surface area contributed by atoms with Gasteiger partial charge in [-0.15, -0.1) is 0 Å². The molecule has 1 aliphatic carbocycles. The highest BCUT2D eigenvalue weighted by Gasteiger charge is 2.53. The number of hydrogen-bond acceptors (Lipinski definition) is 5. The van der Waals surface area contributed by atoms with E-state index in [-0.39, 0.29) is 41.8 Å². The molecule has 1 heterocycles. The van der Waals surface area contributed by atoms with Gasteiger partial charge < -0.3 is 19.7 Å². The molecule has 1 aliphatic heterocycles. The lowest BCUT2D eigenvalue weighted by atomic mass is 9.57. The standard InChI is InChI=1S/C27H32Cl2N2O4/c1-17(32)35-25-14-20(30-26(33)12-18-7-8-23(28)24(29)11-18)15-27(9-10-31(2)16-22(25)27)19-5-4-6-21(13-19)34-3/h4-8,11,13,20,22,25H,9-10,12,14-16H2,1-3H3,(H,30,33)/t20-,22?,25?,27?/m1/s1. The second-order valence-electron chi connectivity index (χ2n) is 9.78. The molecule has 1 amide bonds. The Morgan fingerprint density at radius 2 is 1.97 bits per heavy atom. The Morgan fingerprint density at radius 3 is 2.69 bits per heavy atom. The third-order valence-electron chi connectivity index (χ3n) is 7.41. The predicted molar refractivity (Wildman–Crippen MR) is 137 cm³/mol. The van der Waals surface area contributed by atoms with Gasteiger partial charge >= 0.3 is 5.97 Å². The van der Waals surface area contributed by atoms with Crippen LogP contribution in [-0.2, 0) is 26.2 Å². The number of amides is 1. The monoisotopic (exact) mass is 518 g/mol. The van der Waals surface area contributed by atoms with Crippen LogP contribution in [0.4, 0.5) is 0 Å². The number of nitrogens with one attached hydrogen (secondary N) is 1. The highest BCUT2D eigenvalue weighted by molar-refractivity contribution is 6.42. The van der Waals surface area contributed by atoms with Crippen LogP contribution >= 0.6 is 23.2 Å². The number of carbonyl (C=O) groups is 2. The fourth-order valence-electron chi connectivity index (χ4n) is 5.85. The van der Waals surface area contributed by atoms with Gasteiger partial charge in [0.2, 0.25) is 5.91 Å². The Kier molecular flexibility index (Phi) is 7.94. The van der Waals surface area contributed by atoms with Crippen LogP contribution in [0, 0.1) is 5.92 Å². The number of rotatable bonds is 6. The third kappa shape index (κ3) is 5.76. The average molecular weight is 519 g/mol. The molecule has 0 aromatic heterocycles. The van der Waals surface area contributed by atoms with E-state index in [0.29, 0.717) is 16.5 Å². The van der Waals surface area contributed by atoms with Gasteiger partial charge in [0.25, 0.3) is 0 Å². The van der Waals surface area contributed by atoms with Crippen LogP contribution in [0.2, 0.25) is 10.0 Å². The van der Waals surface area contributed by atoms with Crippen molar-refractivity contribution < 1.29 is 19.1 Å². The number of benzene rings is 2. The number of hydrogen-bond donors (Lipinski definition) is 1. The zero-order chi connectivity index (χ0) is 25.2. The molecule has 1 N–H and O–H groups in total. The van der Waals surface area contributed by atoms with E-state index in [9.17, 15) is 9.59 Å². The first-order chi connectivity index (χ1) is 16.7. The first-order valence-corrected chi connectivity index (χ1v) is 12.7. The Hall–Kier alpha value is -2.28. The fourth-order valence-corrected chi connectivity index (χ4v) is 6.17. The molecule has 188 valence electrons. The number of ether oxygens (including phenoxy) is 2. The largest absolute Gasteiger partial charge is 0.497 e. The molecule has 1 saturated heterocycles.